The first-order chi connectivity index (χ1) is 11.2. The van der Waals surface area contributed by atoms with Gasteiger partial charge in [0.1, 0.15) is 11.3 Å². The number of hydrogen-bond acceptors (Lipinski definition) is 2. The zero-order valence-electron chi connectivity index (χ0n) is 13.3. The van der Waals surface area contributed by atoms with E-state index in [1.54, 1.807) is 0 Å². The fraction of sp³-hybridized carbons (Fsp3) is 0.250. The minimum absolute atomic E-state index is 0.0696. The van der Waals surface area contributed by atoms with Crippen molar-refractivity contribution in [3.05, 3.63) is 71.5 Å². The van der Waals surface area contributed by atoms with Gasteiger partial charge in [-0.05, 0) is 31.0 Å². The molecule has 1 aromatic heterocycles. The van der Waals surface area contributed by atoms with Crippen molar-refractivity contribution in [3.63, 3.8) is 0 Å². The second-order valence-corrected chi connectivity index (χ2v) is 5.87. The van der Waals surface area contributed by atoms with Crippen molar-refractivity contribution < 1.29 is 9.21 Å². The number of para-hydroxylation sites is 1. The molecule has 3 rings (SSSR count). The summed E-state index contributed by atoms with van der Waals surface area (Å²) in [5.74, 6) is 1.04. The van der Waals surface area contributed by atoms with Gasteiger partial charge in [-0.2, -0.15) is 0 Å². The van der Waals surface area contributed by atoms with E-state index < -0.39 is 0 Å². The smallest absolute Gasteiger partial charge is 0.224 e. The van der Waals surface area contributed by atoms with Gasteiger partial charge in [-0.15, -0.1) is 0 Å². The molecule has 0 bridgehead atoms. The minimum Gasteiger partial charge on any atom is -0.461 e. The standard InChI is InChI=1S/C20H21NO2/c1-15-6-4-7-16(12-15)13-20(22)21-11-5-9-18-14-17-8-2-3-10-19(17)23-18/h2-4,6-8,10,12,14H,5,9,11,13H2,1H3,(H,21,22). The van der Waals surface area contributed by atoms with E-state index in [-0.39, 0.29) is 5.91 Å². The van der Waals surface area contributed by atoms with Crippen LogP contribution in [0.5, 0.6) is 0 Å². The number of nitrogens with one attached hydrogen (secondary N) is 1. The summed E-state index contributed by atoms with van der Waals surface area (Å²) in [5.41, 5.74) is 3.16. The van der Waals surface area contributed by atoms with Crippen molar-refractivity contribution in [1.82, 2.24) is 5.32 Å². The maximum absolute atomic E-state index is 11.9. The number of aryl methyl sites for hydroxylation is 2. The summed E-state index contributed by atoms with van der Waals surface area (Å²) in [7, 11) is 0. The van der Waals surface area contributed by atoms with Crippen LogP contribution in [0.2, 0.25) is 0 Å². The monoisotopic (exact) mass is 307 g/mol. The molecule has 0 spiro atoms. The number of benzene rings is 2. The van der Waals surface area contributed by atoms with Gasteiger partial charge in [0.15, 0.2) is 0 Å². The maximum Gasteiger partial charge on any atom is 0.224 e. The summed E-state index contributed by atoms with van der Waals surface area (Å²) in [4.78, 5) is 11.9. The molecule has 0 aliphatic carbocycles. The maximum atomic E-state index is 11.9. The molecule has 0 atom stereocenters. The molecule has 1 heterocycles. The predicted octanol–water partition coefficient (Wildman–Crippen LogP) is 4.03. The second-order valence-electron chi connectivity index (χ2n) is 5.87. The minimum atomic E-state index is 0.0696. The first-order valence-electron chi connectivity index (χ1n) is 8.00. The van der Waals surface area contributed by atoms with Crippen LogP contribution < -0.4 is 5.32 Å². The number of hydrogen-bond donors (Lipinski definition) is 1. The van der Waals surface area contributed by atoms with E-state index in [2.05, 4.69) is 11.4 Å². The van der Waals surface area contributed by atoms with E-state index >= 15 is 0 Å². The fourth-order valence-corrected chi connectivity index (χ4v) is 2.72. The molecule has 1 amide bonds. The molecule has 0 saturated carbocycles. The fourth-order valence-electron chi connectivity index (χ4n) is 2.72. The Balaban J connectivity index is 1.43. The lowest BCUT2D eigenvalue weighted by molar-refractivity contribution is -0.120. The third kappa shape index (κ3) is 4.22. The zero-order valence-corrected chi connectivity index (χ0v) is 13.3. The topological polar surface area (TPSA) is 42.2 Å². The van der Waals surface area contributed by atoms with Gasteiger partial charge in [-0.25, -0.2) is 0 Å². The second kappa shape index (κ2) is 7.14. The SMILES string of the molecule is Cc1cccc(CC(=O)NCCCc2cc3ccccc3o2)c1. The van der Waals surface area contributed by atoms with Gasteiger partial charge < -0.3 is 9.73 Å². The van der Waals surface area contributed by atoms with Crippen molar-refractivity contribution >= 4 is 16.9 Å². The Bertz CT molecular complexity index is 771. The normalized spacial score (nSPS) is 10.8. The van der Waals surface area contributed by atoms with Crippen molar-refractivity contribution in [2.45, 2.75) is 26.2 Å². The van der Waals surface area contributed by atoms with Crippen LogP contribution in [0.1, 0.15) is 23.3 Å². The summed E-state index contributed by atoms with van der Waals surface area (Å²) in [5, 5.41) is 4.10. The molecule has 118 valence electrons. The molecule has 0 fully saturated rings. The number of rotatable bonds is 6. The average Bonchev–Trinajstić information content (AvgIpc) is 2.94. The summed E-state index contributed by atoms with van der Waals surface area (Å²) in [6.45, 7) is 2.70. The van der Waals surface area contributed by atoms with E-state index in [0.29, 0.717) is 13.0 Å². The summed E-state index contributed by atoms with van der Waals surface area (Å²) in [6.07, 6.45) is 2.14. The third-order valence-corrected chi connectivity index (χ3v) is 3.85. The van der Waals surface area contributed by atoms with Gasteiger partial charge in [0, 0.05) is 18.4 Å². The molecule has 1 N–H and O–H groups in total. The summed E-state index contributed by atoms with van der Waals surface area (Å²) < 4.78 is 5.77. The highest BCUT2D eigenvalue weighted by Crippen LogP contribution is 2.19. The summed E-state index contributed by atoms with van der Waals surface area (Å²) >= 11 is 0. The van der Waals surface area contributed by atoms with E-state index in [0.717, 1.165) is 35.1 Å². The van der Waals surface area contributed by atoms with Gasteiger partial charge in [-0.3, -0.25) is 4.79 Å². The Hall–Kier alpha value is -2.55. The van der Waals surface area contributed by atoms with Crippen molar-refractivity contribution in [3.8, 4) is 0 Å². The van der Waals surface area contributed by atoms with E-state index in [1.165, 1.54) is 5.56 Å². The number of furan rings is 1. The Labute approximate surface area is 136 Å². The lowest BCUT2D eigenvalue weighted by Crippen LogP contribution is -2.26. The molecule has 0 radical (unpaired) electrons. The van der Waals surface area contributed by atoms with Gasteiger partial charge in [-0.1, -0.05) is 48.0 Å². The van der Waals surface area contributed by atoms with Crippen LogP contribution in [0.25, 0.3) is 11.0 Å². The van der Waals surface area contributed by atoms with Gasteiger partial charge >= 0.3 is 0 Å². The Morgan fingerprint density at radius 1 is 1.09 bits per heavy atom. The van der Waals surface area contributed by atoms with Crippen LogP contribution >= 0.6 is 0 Å². The van der Waals surface area contributed by atoms with Gasteiger partial charge in [0.25, 0.3) is 0 Å². The highest BCUT2D eigenvalue weighted by molar-refractivity contribution is 5.78. The van der Waals surface area contributed by atoms with Crippen molar-refractivity contribution in [1.29, 1.82) is 0 Å². The number of amides is 1. The van der Waals surface area contributed by atoms with E-state index in [9.17, 15) is 4.79 Å². The van der Waals surface area contributed by atoms with E-state index in [1.807, 2.05) is 55.5 Å². The van der Waals surface area contributed by atoms with Crippen LogP contribution in [0.3, 0.4) is 0 Å². The molecular formula is C20H21NO2. The lowest BCUT2D eigenvalue weighted by atomic mass is 10.1. The van der Waals surface area contributed by atoms with Gasteiger partial charge in [0.05, 0.1) is 6.42 Å². The molecule has 0 aliphatic heterocycles. The molecule has 2 aromatic carbocycles. The van der Waals surface area contributed by atoms with Crippen LogP contribution in [-0.2, 0) is 17.6 Å². The quantitative estimate of drug-likeness (QED) is 0.699. The first-order valence-corrected chi connectivity index (χ1v) is 8.00. The molecule has 3 aromatic rings. The third-order valence-electron chi connectivity index (χ3n) is 3.85. The Kier molecular flexibility index (Phi) is 4.77. The first kappa shape index (κ1) is 15.3. The highest BCUT2D eigenvalue weighted by Gasteiger charge is 2.05. The molecule has 23 heavy (non-hydrogen) atoms. The number of fused-ring (bicyclic) bond motifs is 1. The van der Waals surface area contributed by atoms with Crippen molar-refractivity contribution in [2.75, 3.05) is 6.54 Å². The zero-order chi connectivity index (χ0) is 16.1. The molecule has 0 aliphatic rings. The van der Waals surface area contributed by atoms with Crippen LogP contribution in [-0.4, -0.2) is 12.5 Å². The summed E-state index contributed by atoms with van der Waals surface area (Å²) in [6, 6.07) is 18.1. The van der Waals surface area contributed by atoms with Crippen molar-refractivity contribution in [2.24, 2.45) is 0 Å². The van der Waals surface area contributed by atoms with Crippen LogP contribution in [0.15, 0.2) is 59.0 Å². The molecule has 0 unspecified atom stereocenters. The van der Waals surface area contributed by atoms with Crippen LogP contribution in [0.4, 0.5) is 0 Å². The number of carbonyl (C=O) groups is 1. The molecule has 0 saturated heterocycles. The van der Waals surface area contributed by atoms with E-state index in [4.69, 9.17) is 4.42 Å². The highest BCUT2D eigenvalue weighted by atomic mass is 16.3. The predicted molar refractivity (Wildman–Crippen MR) is 92.4 cm³/mol. The lowest BCUT2D eigenvalue weighted by Gasteiger charge is -2.05. The molecule has 3 heteroatoms. The molecular weight excluding hydrogens is 286 g/mol. The molecule has 3 nitrogen and oxygen atoms in total. The van der Waals surface area contributed by atoms with Gasteiger partial charge in [0.2, 0.25) is 5.91 Å². The number of carbonyl (C=O) groups excluding carboxylic acids is 1. The largest absolute Gasteiger partial charge is 0.461 e. The Morgan fingerprint density at radius 2 is 1.96 bits per heavy atom. The average molecular weight is 307 g/mol. The Morgan fingerprint density at radius 3 is 2.78 bits per heavy atom. The van der Waals surface area contributed by atoms with Crippen LogP contribution in [0, 0.1) is 6.92 Å².